The Bertz CT molecular complexity index is 404. The third-order valence-corrected chi connectivity index (χ3v) is 3.67. The molecule has 0 saturated heterocycles. The number of rotatable bonds is 11. The number of phosphoric ester groups is 1. The van der Waals surface area contributed by atoms with E-state index in [1.807, 2.05) is 0 Å². The predicted molar refractivity (Wildman–Crippen MR) is 80.5 cm³/mol. The molecule has 0 aliphatic rings. The second-order valence-electron chi connectivity index (χ2n) is 3.73. The fourth-order valence-corrected chi connectivity index (χ4v) is 2.16. The molecule has 10 nitrogen and oxygen atoms in total. The smallest absolute Gasteiger partial charge is 0.456 e. The van der Waals surface area contributed by atoms with Crippen LogP contribution in [-0.2, 0) is 30.9 Å². The van der Waals surface area contributed by atoms with E-state index in [1.54, 1.807) is 0 Å². The van der Waals surface area contributed by atoms with Gasteiger partial charge in [-0.15, -0.1) is 0 Å². The second-order valence-corrected chi connectivity index (χ2v) is 6.00. The molecule has 13 heteroatoms. The van der Waals surface area contributed by atoms with Gasteiger partial charge in [0.2, 0.25) is 0 Å². The normalized spacial score (nSPS) is 16.4. The van der Waals surface area contributed by atoms with Gasteiger partial charge in [0.05, 0.1) is 19.8 Å². The molecule has 0 aliphatic heterocycles. The molecule has 22 heavy (non-hydrogen) atoms. The molecular weight excluding hydrogens is 461 g/mol. The first kappa shape index (κ1) is 22.0. The van der Waals surface area contributed by atoms with Crippen LogP contribution in [0.1, 0.15) is 6.92 Å². The largest absolute Gasteiger partial charge is 0.472 e. The van der Waals surface area contributed by atoms with Crippen molar-refractivity contribution in [1.82, 2.24) is 0 Å². The minimum atomic E-state index is -4.48. The number of hydrogen-bond donors (Lipinski definition) is 2. The molecule has 0 rings (SSSR count). The molecule has 0 spiro atoms. The summed E-state index contributed by atoms with van der Waals surface area (Å²) >= 11 is 6.45. The summed E-state index contributed by atoms with van der Waals surface area (Å²) in [5.74, 6) is -0.716. The lowest BCUT2D eigenvalue weighted by atomic mass is 10.4. The summed E-state index contributed by atoms with van der Waals surface area (Å²) < 4.78 is 34.6. The van der Waals surface area contributed by atoms with Crippen LogP contribution in [0, 0.1) is 0 Å². The fourth-order valence-electron chi connectivity index (χ4n) is 1.01. The Kier molecular flexibility index (Phi) is 11.5. The lowest BCUT2D eigenvalue weighted by Crippen LogP contribution is -2.28. The Labute approximate surface area is 145 Å². The summed E-state index contributed by atoms with van der Waals surface area (Å²) in [6, 6.07) is 0. The molecule has 0 aromatic carbocycles. The standard InChI is InChI=1S/C9H15ClIO10P/c1-6(13)20-8(3-17-9(10)14)5-19-22(15,16)18-4-7(2-12)21-11/h7-8,12H,2-5H2,1H3,(H,15,16)/t7?,8-/m1/s1. The van der Waals surface area contributed by atoms with Gasteiger partial charge >= 0.3 is 19.2 Å². The quantitative estimate of drug-likeness (QED) is 0.193. The maximum atomic E-state index is 11.6. The SMILES string of the molecule is CC(=O)O[C@H](COC(=O)Cl)COP(=O)(O)OCC(CO)OI. The number of aliphatic hydroxyl groups excluding tert-OH is 1. The molecule has 2 N–H and O–H groups in total. The molecule has 3 atom stereocenters. The maximum absolute atomic E-state index is 11.6. The third kappa shape index (κ3) is 11.5. The van der Waals surface area contributed by atoms with Crippen molar-refractivity contribution in [1.29, 1.82) is 0 Å². The molecule has 0 saturated carbocycles. The van der Waals surface area contributed by atoms with Gasteiger partial charge in [-0.25, -0.2) is 9.36 Å². The van der Waals surface area contributed by atoms with Crippen LogP contribution in [0.2, 0.25) is 0 Å². The average Bonchev–Trinajstić information content (AvgIpc) is 2.42. The van der Waals surface area contributed by atoms with Crippen LogP contribution in [0.5, 0.6) is 0 Å². The zero-order chi connectivity index (χ0) is 17.2. The number of halogens is 2. The van der Waals surface area contributed by atoms with Crippen LogP contribution in [0.15, 0.2) is 0 Å². The maximum Gasteiger partial charge on any atom is 0.472 e. The van der Waals surface area contributed by atoms with Crippen molar-refractivity contribution in [3.63, 3.8) is 0 Å². The number of aliphatic hydroxyl groups is 1. The first-order valence-electron chi connectivity index (χ1n) is 5.69. The Morgan fingerprint density at radius 3 is 2.18 bits per heavy atom. The van der Waals surface area contributed by atoms with E-state index in [-0.39, 0.29) is 0 Å². The topological polar surface area (TPSA) is 138 Å². The Hall–Kier alpha value is -0.0100. The van der Waals surface area contributed by atoms with Crippen molar-refractivity contribution >= 4 is 53.8 Å². The highest BCUT2D eigenvalue weighted by molar-refractivity contribution is 14.1. The zero-order valence-corrected chi connectivity index (χ0v) is 15.2. The average molecular weight is 477 g/mol. The second kappa shape index (κ2) is 11.5. The molecule has 0 amide bonds. The zero-order valence-electron chi connectivity index (χ0n) is 11.3. The van der Waals surface area contributed by atoms with Gasteiger partial charge in [-0.3, -0.25) is 13.8 Å². The molecule has 0 radical (unpaired) electrons. The highest BCUT2D eigenvalue weighted by Gasteiger charge is 2.26. The molecule has 2 unspecified atom stereocenters. The molecule has 0 bridgehead atoms. The predicted octanol–water partition coefficient (Wildman–Crippen LogP) is 1.15. The first-order chi connectivity index (χ1) is 10.2. The number of ether oxygens (including phenoxy) is 2. The van der Waals surface area contributed by atoms with E-state index >= 15 is 0 Å². The van der Waals surface area contributed by atoms with Crippen LogP contribution < -0.4 is 0 Å². The van der Waals surface area contributed by atoms with Crippen molar-refractivity contribution in [2.45, 2.75) is 19.1 Å². The number of esters is 1. The van der Waals surface area contributed by atoms with E-state index in [9.17, 15) is 19.0 Å². The van der Waals surface area contributed by atoms with Crippen molar-refractivity contribution in [3.05, 3.63) is 0 Å². The van der Waals surface area contributed by atoms with Gasteiger partial charge in [-0.1, -0.05) is 0 Å². The van der Waals surface area contributed by atoms with E-state index < -0.39 is 57.9 Å². The molecule has 0 aromatic rings. The number of carbonyl (C=O) groups excluding carboxylic acids is 2. The van der Waals surface area contributed by atoms with E-state index in [2.05, 4.69) is 13.8 Å². The van der Waals surface area contributed by atoms with Crippen molar-refractivity contribution in [3.8, 4) is 0 Å². The van der Waals surface area contributed by atoms with Crippen LogP contribution in [-0.4, -0.2) is 60.0 Å². The summed E-state index contributed by atoms with van der Waals surface area (Å²) in [5.41, 5.74) is -1.13. The van der Waals surface area contributed by atoms with Crippen molar-refractivity contribution in [2.75, 3.05) is 26.4 Å². The van der Waals surface area contributed by atoms with Crippen LogP contribution in [0.3, 0.4) is 0 Å². The van der Waals surface area contributed by atoms with Crippen LogP contribution in [0.4, 0.5) is 4.79 Å². The van der Waals surface area contributed by atoms with Gasteiger partial charge in [0.15, 0.2) is 6.10 Å². The molecule has 130 valence electrons. The van der Waals surface area contributed by atoms with E-state index in [0.29, 0.717) is 0 Å². The van der Waals surface area contributed by atoms with Gasteiger partial charge in [0.1, 0.15) is 35.7 Å². The minimum Gasteiger partial charge on any atom is -0.456 e. The summed E-state index contributed by atoms with van der Waals surface area (Å²) in [4.78, 5) is 30.7. The Morgan fingerprint density at radius 1 is 1.23 bits per heavy atom. The summed E-state index contributed by atoms with van der Waals surface area (Å²) in [5, 5.41) is 8.82. The summed E-state index contributed by atoms with van der Waals surface area (Å²) in [6.45, 7) is -0.772. The Morgan fingerprint density at radius 2 is 1.77 bits per heavy atom. The first-order valence-corrected chi connectivity index (χ1v) is 8.45. The molecule has 0 fully saturated rings. The highest BCUT2D eigenvalue weighted by Crippen LogP contribution is 2.43. The Balaban J connectivity index is 4.37. The molecular formula is C9H15ClIO10P. The van der Waals surface area contributed by atoms with Gasteiger partial charge in [-0.2, -0.15) is 0 Å². The van der Waals surface area contributed by atoms with E-state index in [0.717, 1.165) is 6.92 Å². The minimum absolute atomic E-state index is 0.401. The number of carbonyl (C=O) groups is 2. The molecule has 0 aromatic heterocycles. The van der Waals surface area contributed by atoms with Gasteiger partial charge in [0, 0.05) is 18.5 Å². The monoisotopic (exact) mass is 476 g/mol. The lowest BCUT2D eigenvalue weighted by Gasteiger charge is -2.19. The van der Waals surface area contributed by atoms with Gasteiger partial charge in [0.25, 0.3) is 0 Å². The summed E-state index contributed by atoms with van der Waals surface area (Å²) in [6.07, 6.45) is -1.95. The van der Waals surface area contributed by atoms with Crippen molar-refractivity contribution in [2.24, 2.45) is 0 Å². The summed E-state index contributed by atoms with van der Waals surface area (Å²) in [7, 11) is -4.48. The van der Waals surface area contributed by atoms with E-state index in [1.165, 1.54) is 23.0 Å². The number of hydrogen-bond acceptors (Lipinski definition) is 9. The van der Waals surface area contributed by atoms with Gasteiger partial charge in [-0.05, 0) is 0 Å². The molecule has 0 heterocycles. The van der Waals surface area contributed by atoms with E-state index in [4.69, 9.17) is 24.5 Å². The fraction of sp³-hybridized carbons (Fsp3) is 0.778. The van der Waals surface area contributed by atoms with Crippen LogP contribution in [0.25, 0.3) is 0 Å². The van der Waals surface area contributed by atoms with Gasteiger partial charge < -0.3 is 22.5 Å². The highest BCUT2D eigenvalue weighted by atomic mass is 127. The third-order valence-electron chi connectivity index (χ3n) is 1.89. The van der Waals surface area contributed by atoms with Crippen LogP contribution >= 0.6 is 42.4 Å². The lowest BCUT2D eigenvalue weighted by molar-refractivity contribution is -0.150. The van der Waals surface area contributed by atoms with Crippen molar-refractivity contribution < 1.29 is 45.7 Å². The number of phosphoric acid groups is 1. The molecule has 0 aliphatic carbocycles.